The summed E-state index contributed by atoms with van der Waals surface area (Å²) in [6, 6.07) is 12.9. The second-order valence-corrected chi connectivity index (χ2v) is 7.59. The Morgan fingerprint density at radius 1 is 1.12 bits per heavy atom. The Balaban J connectivity index is 1.54. The summed E-state index contributed by atoms with van der Waals surface area (Å²) < 4.78 is 2.15. The number of hydrogen-bond acceptors (Lipinski definition) is 3. The van der Waals surface area contributed by atoms with Crippen LogP contribution in [0.5, 0.6) is 0 Å². The summed E-state index contributed by atoms with van der Waals surface area (Å²) in [5.41, 5.74) is 2.50. The molecular weight excluding hydrogens is 342 g/mol. The van der Waals surface area contributed by atoms with E-state index in [0.29, 0.717) is 0 Å². The number of benzene rings is 1. The first-order valence-electron chi connectivity index (χ1n) is 8.69. The maximum atomic E-state index is 4.31. The highest BCUT2D eigenvalue weighted by Gasteiger charge is 2.03. The molecular formula is C20H25N5S. The second-order valence-electron chi connectivity index (χ2n) is 6.21. The fourth-order valence-corrected chi connectivity index (χ4v) is 3.59. The van der Waals surface area contributed by atoms with Gasteiger partial charge in [0.2, 0.25) is 0 Å². The number of aryl methyl sites for hydroxylation is 2. The Morgan fingerprint density at radius 2 is 1.92 bits per heavy atom. The molecule has 5 nitrogen and oxygen atoms in total. The Morgan fingerprint density at radius 3 is 2.62 bits per heavy atom. The molecule has 0 saturated carbocycles. The summed E-state index contributed by atoms with van der Waals surface area (Å²) in [4.78, 5) is 11.2. The van der Waals surface area contributed by atoms with E-state index in [1.165, 1.54) is 20.9 Å². The Kier molecular flexibility index (Phi) is 6.07. The lowest BCUT2D eigenvalue weighted by atomic mass is 10.1. The molecule has 0 bridgehead atoms. The molecule has 26 heavy (non-hydrogen) atoms. The lowest BCUT2D eigenvalue weighted by Gasteiger charge is -2.12. The maximum Gasteiger partial charge on any atom is 0.191 e. The van der Waals surface area contributed by atoms with Crippen LogP contribution in [-0.2, 0) is 19.6 Å². The van der Waals surface area contributed by atoms with Gasteiger partial charge in [0, 0.05) is 42.3 Å². The van der Waals surface area contributed by atoms with E-state index in [-0.39, 0.29) is 0 Å². The van der Waals surface area contributed by atoms with E-state index < -0.39 is 0 Å². The fourth-order valence-electron chi connectivity index (χ4n) is 2.76. The van der Waals surface area contributed by atoms with Crippen LogP contribution in [0, 0.1) is 13.8 Å². The molecule has 0 aliphatic carbocycles. The van der Waals surface area contributed by atoms with Gasteiger partial charge in [0.15, 0.2) is 5.96 Å². The highest BCUT2D eigenvalue weighted by Crippen LogP contribution is 2.14. The summed E-state index contributed by atoms with van der Waals surface area (Å²) in [7, 11) is 1.80. The van der Waals surface area contributed by atoms with Crippen LogP contribution in [0.25, 0.3) is 0 Å². The van der Waals surface area contributed by atoms with E-state index in [1.54, 1.807) is 18.4 Å². The average Bonchev–Trinajstić information content (AvgIpc) is 3.24. The molecule has 0 aliphatic rings. The average molecular weight is 368 g/mol. The molecule has 0 saturated heterocycles. The van der Waals surface area contributed by atoms with Crippen LogP contribution < -0.4 is 10.6 Å². The van der Waals surface area contributed by atoms with Crippen molar-refractivity contribution >= 4 is 17.3 Å². The molecule has 1 aromatic carbocycles. The van der Waals surface area contributed by atoms with Crippen LogP contribution in [-0.4, -0.2) is 22.6 Å². The molecule has 2 N–H and O–H groups in total. The van der Waals surface area contributed by atoms with Crippen molar-refractivity contribution in [3.05, 3.63) is 75.5 Å². The number of nitrogens with one attached hydrogen (secondary N) is 2. The van der Waals surface area contributed by atoms with E-state index in [2.05, 4.69) is 68.5 Å². The summed E-state index contributed by atoms with van der Waals surface area (Å²) in [6.45, 7) is 6.51. The normalized spacial score (nSPS) is 11.6. The van der Waals surface area contributed by atoms with Gasteiger partial charge in [0.05, 0.1) is 6.54 Å². The summed E-state index contributed by atoms with van der Waals surface area (Å²) in [5, 5.41) is 6.75. The van der Waals surface area contributed by atoms with E-state index >= 15 is 0 Å². The Bertz CT molecular complexity index is 878. The number of aromatic nitrogens is 2. The van der Waals surface area contributed by atoms with E-state index in [4.69, 9.17) is 0 Å². The van der Waals surface area contributed by atoms with Crippen molar-refractivity contribution in [3.8, 4) is 0 Å². The molecule has 0 atom stereocenters. The van der Waals surface area contributed by atoms with E-state index in [0.717, 1.165) is 31.4 Å². The molecule has 0 spiro atoms. The van der Waals surface area contributed by atoms with Crippen LogP contribution in [0.2, 0.25) is 0 Å². The van der Waals surface area contributed by atoms with Crippen molar-refractivity contribution in [2.45, 2.75) is 33.5 Å². The van der Waals surface area contributed by atoms with Crippen molar-refractivity contribution in [2.75, 3.05) is 7.05 Å². The number of nitrogens with zero attached hydrogens (tertiary/aromatic N) is 3. The zero-order chi connectivity index (χ0) is 18.4. The molecule has 0 radical (unpaired) electrons. The van der Waals surface area contributed by atoms with Crippen LogP contribution in [0.15, 0.2) is 53.8 Å². The monoisotopic (exact) mass is 367 g/mol. The SMILES string of the molecule is CN=C(NCc1cccc(Cn2ccnc2C)c1)NCc1ccc(C)s1. The molecule has 0 fully saturated rings. The summed E-state index contributed by atoms with van der Waals surface area (Å²) in [5.74, 6) is 1.84. The molecule has 0 aliphatic heterocycles. The standard InChI is InChI=1S/C20H25N5S/c1-15-7-8-19(26-15)13-24-20(21-3)23-12-17-5-4-6-18(11-17)14-25-10-9-22-16(25)2/h4-11H,12-14H2,1-3H3,(H2,21,23,24). The maximum absolute atomic E-state index is 4.31. The van der Waals surface area contributed by atoms with Crippen molar-refractivity contribution in [1.82, 2.24) is 20.2 Å². The fraction of sp³-hybridized carbons (Fsp3) is 0.300. The summed E-state index contributed by atoms with van der Waals surface area (Å²) >= 11 is 1.81. The van der Waals surface area contributed by atoms with Crippen LogP contribution in [0.4, 0.5) is 0 Å². The van der Waals surface area contributed by atoms with E-state index in [9.17, 15) is 0 Å². The lowest BCUT2D eigenvalue weighted by Crippen LogP contribution is -2.36. The number of thiophene rings is 1. The van der Waals surface area contributed by atoms with Gasteiger partial charge < -0.3 is 15.2 Å². The topological polar surface area (TPSA) is 54.2 Å². The third-order valence-electron chi connectivity index (χ3n) is 4.18. The first-order valence-corrected chi connectivity index (χ1v) is 9.51. The zero-order valence-corrected chi connectivity index (χ0v) is 16.3. The minimum absolute atomic E-state index is 0.736. The smallest absolute Gasteiger partial charge is 0.191 e. The van der Waals surface area contributed by atoms with Crippen molar-refractivity contribution < 1.29 is 0 Å². The zero-order valence-electron chi connectivity index (χ0n) is 15.5. The molecule has 2 heterocycles. The van der Waals surface area contributed by atoms with E-state index in [1.807, 2.05) is 19.3 Å². The van der Waals surface area contributed by atoms with Gasteiger partial charge in [0.1, 0.15) is 5.82 Å². The molecule has 3 aromatic rings. The molecule has 2 aromatic heterocycles. The van der Waals surface area contributed by atoms with Crippen LogP contribution in [0.1, 0.15) is 26.7 Å². The third-order valence-corrected chi connectivity index (χ3v) is 5.18. The molecule has 136 valence electrons. The molecule has 0 unspecified atom stereocenters. The largest absolute Gasteiger partial charge is 0.352 e. The van der Waals surface area contributed by atoms with Crippen molar-refractivity contribution in [3.63, 3.8) is 0 Å². The molecule has 6 heteroatoms. The number of hydrogen-bond donors (Lipinski definition) is 2. The van der Waals surface area contributed by atoms with Gasteiger partial charge in [-0.1, -0.05) is 24.3 Å². The number of rotatable bonds is 6. The van der Waals surface area contributed by atoms with Gasteiger partial charge in [-0.05, 0) is 37.1 Å². The van der Waals surface area contributed by atoms with Crippen molar-refractivity contribution in [1.29, 1.82) is 0 Å². The quantitative estimate of drug-likeness (QED) is 0.518. The van der Waals surface area contributed by atoms with Gasteiger partial charge in [-0.3, -0.25) is 4.99 Å². The number of guanidine groups is 1. The first-order chi connectivity index (χ1) is 12.6. The number of imidazole rings is 1. The van der Waals surface area contributed by atoms with Gasteiger partial charge in [-0.25, -0.2) is 4.98 Å². The Hall–Kier alpha value is -2.60. The minimum Gasteiger partial charge on any atom is -0.352 e. The van der Waals surface area contributed by atoms with Gasteiger partial charge in [0.25, 0.3) is 0 Å². The number of aliphatic imine (C=N–C) groups is 1. The van der Waals surface area contributed by atoms with Gasteiger partial charge in [-0.2, -0.15) is 0 Å². The van der Waals surface area contributed by atoms with Crippen molar-refractivity contribution in [2.24, 2.45) is 4.99 Å². The van der Waals surface area contributed by atoms with Crippen LogP contribution in [0.3, 0.4) is 0 Å². The highest BCUT2D eigenvalue weighted by atomic mass is 32.1. The lowest BCUT2D eigenvalue weighted by molar-refractivity contribution is 0.758. The van der Waals surface area contributed by atoms with Crippen LogP contribution >= 0.6 is 11.3 Å². The molecule has 0 amide bonds. The summed E-state index contributed by atoms with van der Waals surface area (Å²) in [6.07, 6.45) is 3.85. The Labute approximate surface area is 158 Å². The van der Waals surface area contributed by atoms with Gasteiger partial charge >= 0.3 is 0 Å². The second kappa shape index (κ2) is 8.67. The minimum atomic E-state index is 0.736. The molecule has 3 rings (SSSR count). The third kappa shape index (κ3) is 4.95. The predicted octanol–water partition coefficient (Wildman–Crippen LogP) is 3.47. The first kappa shape index (κ1) is 18.2. The van der Waals surface area contributed by atoms with Gasteiger partial charge in [-0.15, -0.1) is 11.3 Å². The highest BCUT2D eigenvalue weighted by molar-refractivity contribution is 7.11. The predicted molar refractivity (Wildman–Crippen MR) is 109 cm³/mol.